The van der Waals surface area contributed by atoms with Crippen LogP contribution in [-0.4, -0.2) is 26.2 Å². The highest BCUT2D eigenvalue weighted by atomic mass is 79.9. The van der Waals surface area contributed by atoms with Crippen LogP contribution in [-0.2, 0) is 0 Å². The lowest BCUT2D eigenvalue weighted by atomic mass is 10.2. The zero-order valence-electron chi connectivity index (χ0n) is 12.5. The largest absolute Gasteiger partial charge is 0.451 e. The monoisotopic (exact) mass is 375 g/mol. The van der Waals surface area contributed by atoms with Gasteiger partial charge < -0.3 is 13.7 Å². The molecule has 1 N–H and O–H groups in total. The molecule has 6 nitrogen and oxygen atoms in total. The Morgan fingerprint density at radius 2 is 2.04 bits per heavy atom. The minimum atomic E-state index is -0.423. The van der Waals surface area contributed by atoms with E-state index >= 15 is 0 Å². The minimum Gasteiger partial charge on any atom is -0.451 e. The topological polar surface area (TPSA) is 71.0 Å². The quantitative estimate of drug-likeness (QED) is 0.558. The van der Waals surface area contributed by atoms with Crippen molar-refractivity contribution in [2.24, 2.45) is 5.10 Å². The van der Waals surface area contributed by atoms with Crippen LogP contribution in [0.1, 0.15) is 16.3 Å². The summed E-state index contributed by atoms with van der Waals surface area (Å²) in [6, 6.07) is 10.8. The van der Waals surface area contributed by atoms with E-state index in [1.807, 2.05) is 37.2 Å². The van der Waals surface area contributed by atoms with Gasteiger partial charge in [-0.2, -0.15) is 5.10 Å². The van der Waals surface area contributed by atoms with Gasteiger partial charge in [0.05, 0.1) is 6.21 Å². The number of hydrogen-bond acceptors (Lipinski definition) is 5. The van der Waals surface area contributed by atoms with Gasteiger partial charge in [0.1, 0.15) is 11.3 Å². The van der Waals surface area contributed by atoms with Crippen molar-refractivity contribution in [3.8, 4) is 0 Å². The molecule has 7 heteroatoms. The van der Waals surface area contributed by atoms with Gasteiger partial charge in [0.25, 0.3) is 0 Å². The van der Waals surface area contributed by atoms with E-state index in [1.165, 1.54) is 6.21 Å². The van der Waals surface area contributed by atoms with Crippen LogP contribution in [0.2, 0.25) is 0 Å². The molecular formula is C16H14BrN3O3. The predicted octanol–water partition coefficient (Wildman–Crippen LogP) is 3.62. The normalized spacial score (nSPS) is 11.3. The third kappa shape index (κ3) is 3.45. The van der Waals surface area contributed by atoms with Crippen molar-refractivity contribution in [3.05, 3.63) is 52.4 Å². The maximum absolute atomic E-state index is 12.0. The van der Waals surface area contributed by atoms with Crippen LogP contribution in [0.3, 0.4) is 0 Å². The Balaban J connectivity index is 1.68. The highest BCUT2D eigenvalue weighted by Gasteiger charge is 2.11. The summed E-state index contributed by atoms with van der Waals surface area (Å²) < 4.78 is 11.9. The van der Waals surface area contributed by atoms with Gasteiger partial charge in [-0.05, 0) is 30.3 Å². The van der Waals surface area contributed by atoms with Crippen molar-refractivity contribution in [3.63, 3.8) is 0 Å². The number of nitrogens with zero attached hydrogens (tertiary/aromatic N) is 2. The van der Waals surface area contributed by atoms with Gasteiger partial charge in [-0.3, -0.25) is 4.79 Å². The van der Waals surface area contributed by atoms with Crippen LogP contribution in [0, 0.1) is 0 Å². The second kappa shape index (κ2) is 6.29. The first kappa shape index (κ1) is 15.4. The lowest BCUT2D eigenvalue weighted by Crippen LogP contribution is -2.16. The summed E-state index contributed by atoms with van der Waals surface area (Å²) in [5, 5.41) is 4.71. The van der Waals surface area contributed by atoms with E-state index in [1.54, 1.807) is 18.2 Å². The third-order valence-electron chi connectivity index (χ3n) is 3.11. The first-order valence-corrected chi connectivity index (χ1v) is 7.62. The zero-order chi connectivity index (χ0) is 16.4. The van der Waals surface area contributed by atoms with Gasteiger partial charge in [-0.25, -0.2) is 5.43 Å². The number of benzene rings is 1. The maximum atomic E-state index is 12.0. The molecule has 0 aliphatic carbocycles. The number of anilines is 1. The molecule has 1 amide bonds. The van der Waals surface area contributed by atoms with Gasteiger partial charge in [0.2, 0.25) is 0 Å². The molecule has 23 heavy (non-hydrogen) atoms. The average Bonchev–Trinajstić information content (AvgIpc) is 3.13. The summed E-state index contributed by atoms with van der Waals surface area (Å²) in [7, 11) is 3.75. The Labute approximate surface area is 140 Å². The number of carbonyl (C=O) groups excluding carboxylic acids is 1. The van der Waals surface area contributed by atoms with Crippen LogP contribution in [0.5, 0.6) is 0 Å². The molecule has 0 saturated heterocycles. The third-order valence-corrected chi connectivity index (χ3v) is 3.61. The van der Waals surface area contributed by atoms with Gasteiger partial charge in [0.15, 0.2) is 11.6 Å². The number of hydrogen-bond donors (Lipinski definition) is 1. The number of nitrogens with one attached hydrogen (secondary N) is 1. The highest BCUT2D eigenvalue weighted by molar-refractivity contribution is 9.10. The fourth-order valence-electron chi connectivity index (χ4n) is 1.99. The minimum absolute atomic E-state index is 0.198. The summed E-state index contributed by atoms with van der Waals surface area (Å²) in [4.78, 5) is 13.9. The summed E-state index contributed by atoms with van der Waals surface area (Å²) >= 11 is 3.38. The van der Waals surface area contributed by atoms with Crippen molar-refractivity contribution in [1.29, 1.82) is 0 Å². The number of amides is 1. The number of furan rings is 2. The molecular weight excluding hydrogens is 362 g/mol. The zero-order valence-corrected chi connectivity index (χ0v) is 14.1. The molecule has 0 aliphatic rings. The molecule has 0 radical (unpaired) electrons. The smallest absolute Gasteiger partial charge is 0.307 e. The predicted molar refractivity (Wildman–Crippen MR) is 92.0 cm³/mol. The van der Waals surface area contributed by atoms with Crippen LogP contribution in [0.15, 0.2) is 54.8 Å². The van der Waals surface area contributed by atoms with Crippen LogP contribution < -0.4 is 10.3 Å². The number of carbonyl (C=O) groups is 1. The Morgan fingerprint density at radius 3 is 2.78 bits per heavy atom. The van der Waals surface area contributed by atoms with Gasteiger partial charge in [0, 0.05) is 30.0 Å². The molecule has 0 saturated carbocycles. The summed E-state index contributed by atoms with van der Waals surface area (Å²) in [6.07, 6.45) is 1.43. The molecule has 0 atom stereocenters. The van der Waals surface area contributed by atoms with Gasteiger partial charge in [-0.1, -0.05) is 15.9 Å². The van der Waals surface area contributed by atoms with E-state index in [4.69, 9.17) is 8.83 Å². The molecule has 0 bridgehead atoms. The van der Waals surface area contributed by atoms with Gasteiger partial charge >= 0.3 is 5.91 Å². The SMILES string of the molecule is CN(C)c1ccc(/C=N/NC(=O)c2cc3cc(Br)ccc3o2)o1. The van der Waals surface area contributed by atoms with Crippen LogP contribution >= 0.6 is 15.9 Å². The highest BCUT2D eigenvalue weighted by Crippen LogP contribution is 2.23. The van der Waals surface area contributed by atoms with Crippen LogP contribution in [0.4, 0.5) is 5.88 Å². The molecule has 3 aromatic rings. The molecule has 3 rings (SSSR count). The molecule has 0 fully saturated rings. The van der Waals surface area contributed by atoms with Crippen molar-refractivity contribution < 1.29 is 13.6 Å². The van der Waals surface area contributed by atoms with Crippen LogP contribution in [0.25, 0.3) is 11.0 Å². The van der Waals surface area contributed by atoms with E-state index in [9.17, 15) is 4.79 Å². The Bertz CT molecular complexity index is 880. The fraction of sp³-hybridized carbons (Fsp3) is 0.125. The van der Waals surface area contributed by atoms with E-state index in [-0.39, 0.29) is 5.76 Å². The van der Waals surface area contributed by atoms with Crippen molar-refractivity contribution in [2.75, 3.05) is 19.0 Å². The number of rotatable bonds is 4. The second-order valence-corrected chi connectivity index (χ2v) is 5.98. The van der Waals surface area contributed by atoms with E-state index < -0.39 is 5.91 Å². The molecule has 2 aromatic heterocycles. The summed E-state index contributed by atoms with van der Waals surface area (Å²) in [5.74, 6) is 1.03. The standard InChI is InChI=1S/C16H14BrN3O3/c1-20(2)15-6-4-12(22-15)9-18-19-16(21)14-8-10-7-11(17)3-5-13(10)23-14/h3-9H,1-2H3,(H,19,21)/b18-9+. The first-order chi connectivity index (χ1) is 11.0. The lowest BCUT2D eigenvalue weighted by Gasteiger charge is -2.05. The molecule has 0 spiro atoms. The number of halogens is 1. The van der Waals surface area contributed by atoms with Crippen molar-refractivity contribution in [2.45, 2.75) is 0 Å². The van der Waals surface area contributed by atoms with E-state index in [0.29, 0.717) is 17.2 Å². The first-order valence-electron chi connectivity index (χ1n) is 6.82. The Hall–Kier alpha value is -2.54. The number of fused-ring (bicyclic) bond motifs is 1. The molecule has 1 aromatic carbocycles. The van der Waals surface area contributed by atoms with E-state index in [2.05, 4.69) is 26.5 Å². The lowest BCUT2D eigenvalue weighted by molar-refractivity contribution is 0.0929. The van der Waals surface area contributed by atoms with E-state index in [0.717, 1.165) is 9.86 Å². The summed E-state index contributed by atoms with van der Waals surface area (Å²) in [5.41, 5.74) is 3.06. The average molecular weight is 376 g/mol. The fourth-order valence-corrected chi connectivity index (χ4v) is 2.37. The molecule has 118 valence electrons. The Morgan fingerprint density at radius 1 is 1.22 bits per heavy atom. The van der Waals surface area contributed by atoms with Crippen molar-refractivity contribution >= 4 is 44.9 Å². The Kier molecular flexibility index (Phi) is 4.20. The molecule has 2 heterocycles. The summed E-state index contributed by atoms with van der Waals surface area (Å²) in [6.45, 7) is 0. The molecule has 0 unspecified atom stereocenters. The maximum Gasteiger partial charge on any atom is 0.307 e. The van der Waals surface area contributed by atoms with Gasteiger partial charge in [-0.15, -0.1) is 0 Å². The number of hydrazone groups is 1. The molecule has 0 aliphatic heterocycles. The second-order valence-electron chi connectivity index (χ2n) is 5.06. The van der Waals surface area contributed by atoms with Crippen molar-refractivity contribution in [1.82, 2.24) is 5.43 Å².